The van der Waals surface area contributed by atoms with Crippen LogP contribution in [0.1, 0.15) is 13.8 Å². The second-order valence-corrected chi connectivity index (χ2v) is 2.15. The molecule has 1 N–H and O–H groups in total. The van der Waals surface area contributed by atoms with E-state index < -0.39 is 0 Å². The summed E-state index contributed by atoms with van der Waals surface area (Å²) < 4.78 is 5.05. The molecule has 1 aliphatic heterocycles. The zero-order valence-electron chi connectivity index (χ0n) is 5.59. The van der Waals surface area contributed by atoms with Crippen LogP contribution in [0.15, 0.2) is 17.6 Å². The minimum absolute atomic E-state index is 0.349. The average molecular weight is 126 g/mol. The van der Waals surface area contributed by atoms with E-state index in [1.807, 2.05) is 13.8 Å². The van der Waals surface area contributed by atoms with Crippen LogP contribution >= 0.6 is 0 Å². The minimum atomic E-state index is 0.349. The molecular weight excluding hydrogens is 116 g/mol. The summed E-state index contributed by atoms with van der Waals surface area (Å²) in [5.74, 6) is 1.08. The van der Waals surface area contributed by atoms with E-state index in [2.05, 4.69) is 10.5 Å². The molecule has 0 aromatic rings. The molecular formula is C6H10N2O. The van der Waals surface area contributed by atoms with E-state index in [0.29, 0.717) is 5.92 Å². The van der Waals surface area contributed by atoms with Crippen molar-refractivity contribution in [2.45, 2.75) is 13.8 Å². The van der Waals surface area contributed by atoms with Crippen molar-refractivity contribution >= 4 is 5.90 Å². The second kappa shape index (κ2) is 2.53. The fraction of sp³-hybridized carbons (Fsp3) is 0.500. The molecule has 0 atom stereocenters. The number of nitrogens with zero attached hydrogens (tertiary/aromatic N) is 1. The lowest BCUT2D eigenvalue weighted by molar-refractivity contribution is 0.414. The highest BCUT2D eigenvalue weighted by Crippen LogP contribution is 2.00. The summed E-state index contributed by atoms with van der Waals surface area (Å²) in [5.41, 5.74) is 2.70. The second-order valence-electron chi connectivity index (χ2n) is 2.15. The Balaban J connectivity index is 2.50. The van der Waals surface area contributed by atoms with E-state index >= 15 is 0 Å². The number of ether oxygens (including phenoxy) is 1. The summed E-state index contributed by atoms with van der Waals surface area (Å²) in [7, 11) is 0. The van der Waals surface area contributed by atoms with Crippen molar-refractivity contribution in [1.82, 2.24) is 5.43 Å². The van der Waals surface area contributed by atoms with Crippen molar-refractivity contribution in [3.63, 3.8) is 0 Å². The largest absolute Gasteiger partial charge is 0.447 e. The van der Waals surface area contributed by atoms with Crippen molar-refractivity contribution in [3.05, 3.63) is 12.5 Å². The summed E-state index contributed by atoms with van der Waals surface area (Å²) in [6, 6.07) is 0. The van der Waals surface area contributed by atoms with Gasteiger partial charge in [0.15, 0.2) is 0 Å². The first kappa shape index (κ1) is 6.13. The number of hydrogen-bond donors (Lipinski definition) is 1. The molecule has 0 aromatic heterocycles. The first-order valence-corrected chi connectivity index (χ1v) is 2.95. The van der Waals surface area contributed by atoms with Gasteiger partial charge >= 0.3 is 0 Å². The third-order valence-corrected chi connectivity index (χ3v) is 1.00. The lowest BCUT2D eigenvalue weighted by Crippen LogP contribution is -2.16. The van der Waals surface area contributed by atoms with Crippen LogP contribution in [0.2, 0.25) is 0 Å². The molecule has 3 heteroatoms. The maximum absolute atomic E-state index is 5.05. The molecule has 0 fully saturated rings. The molecule has 3 nitrogen and oxygen atoms in total. The van der Waals surface area contributed by atoms with E-state index in [1.165, 1.54) is 0 Å². The Kier molecular flexibility index (Phi) is 1.72. The lowest BCUT2D eigenvalue weighted by Gasteiger charge is -2.10. The smallest absolute Gasteiger partial charge is 0.213 e. The van der Waals surface area contributed by atoms with Gasteiger partial charge in [0, 0.05) is 5.92 Å². The third-order valence-electron chi connectivity index (χ3n) is 1.00. The van der Waals surface area contributed by atoms with E-state index in [-0.39, 0.29) is 0 Å². The quantitative estimate of drug-likeness (QED) is 0.569. The molecule has 0 aliphatic carbocycles. The summed E-state index contributed by atoms with van der Waals surface area (Å²) in [6.07, 6.45) is 3.23. The zero-order chi connectivity index (χ0) is 6.69. The molecule has 0 aromatic carbocycles. The molecule has 9 heavy (non-hydrogen) atoms. The van der Waals surface area contributed by atoms with Crippen LogP contribution in [-0.4, -0.2) is 5.90 Å². The van der Waals surface area contributed by atoms with Crippen LogP contribution in [0, 0.1) is 5.92 Å². The maximum Gasteiger partial charge on any atom is 0.213 e. The molecule has 0 saturated heterocycles. The van der Waals surface area contributed by atoms with E-state index in [1.54, 1.807) is 12.5 Å². The number of hydrogen-bond acceptors (Lipinski definition) is 3. The van der Waals surface area contributed by atoms with Crippen molar-refractivity contribution in [1.29, 1.82) is 0 Å². The molecule has 1 heterocycles. The predicted octanol–water partition coefficient (Wildman–Crippen LogP) is 1.05. The zero-order valence-corrected chi connectivity index (χ0v) is 5.59. The monoisotopic (exact) mass is 126 g/mol. The number of hydrazone groups is 1. The molecule has 1 aliphatic rings. The van der Waals surface area contributed by atoms with Crippen LogP contribution in [0.5, 0.6) is 0 Å². The molecule has 0 bridgehead atoms. The van der Waals surface area contributed by atoms with Gasteiger partial charge in [0.05, 0.1) is 6.20 Å². The standard InChI is InChI=1S/C6H10N2O/c1-5(2)6-8-7-3-4-9-6/h3-5,7H,1-2H3. The Morgan fingerprint density at radius 2 is 2.44 bits per heavy atom. The normalized spacial score (nSPS) is 16.6. The Bertz CT molecular complexity index is 149. The van der Waals surface area contributed by atoms with Crippen molar-refractivity contribution in [2.24, 2.45) is 11.0 Å². The Hall–Kier alpha value is -0.990. The first-order chi connectivity index (χ1) is 4.30. The molecule has 0 spiro atoms. The van der Waals surface area contributed by atoms with Gasteiger partial charge in [-0.3, -0.25) is 5.43 Å². The third kappa shape index (κ3) is 1.45. The molecule has 0 amide bonds. The molecule has 0 unspecified atom stereocenters. The first-order valence-electron chi connectivity index (χ1n) is 2.95. The van der Waals surface area contributed by atoms with Crippen molar-refractivity contribution < 1.29 is 4.74 Å². The van der Waals surface area contributed by atoms with Gasteiger partial charge in [-0.05, 0) is 0 Å². The van der Waals surface area contributed by atoms with Gasteiger partial charge in [0.1, 0.15) is 6.26 Å². The highest BCUT2D eigenvalue weighted by Gasteiger charge is 2.05. The maximum atomic E-state index is 5.05. The van der Waals surface area contributed by atoms with Crippen molar-refractivity contribution in [2.75, 3.05) is 0 Å². The fourth-order valence-electron chi connectivity index (χ4n) is 0.527. The lowest BCUT2D eigenvalue weighted by atomic mass is 10.2. The van der Waals surface area contributed by atoms with Gasteiger partial charge in [0.25, 0.3) is 0 Å². The van der Waals surface area contributed by atoms with Gasteiger partial charge in [-0.15, -0.1) is 5.10 Å². The SMILES string of the molecule is CC(C)C1=NNC=CO1. The summed E-state index contributed by atoms with van der Waals surface area (Å²) in [5, 5.41) is 3.89. The number of rotatable bonds is 1. The van der Waals surface area contributed by atoms with E-state index in [4.69, 9.17) is 4.74 Å². The fourth-order valence-corrected chi connectivity index (χ4v) is 0.527. The van der Waals surface area contributed by atoms with Crippen LogP contribution in [-0.2, 0) is 4.74 Å². The summed E-state index contributed by atoms with van der Waals surface area (Å²) in [6.45, 7) is 4.05. The van der Waals surface area contributed by atoms with Gasteiger partial charge in [-0.2, -0.15) is 0 Å². The molecule has 0 saturated carbocycles. The van der Waals surface area contributed by atoms with Crippen molar-refractivity contribution in [3.8, 4) is 0 Å². The van der Waals surface area contributed by atoms with E-state index in [9.17, 15) is 0 Å². The Labute approximate surface area is 54.4 Å². The Morgan fingerprint density at radius 3 is 2.78 bits per heavy atom. The minimum Gasteiger partial charge on any atom is -0.447 e. The molecule has 50 valence electrons. The van der Waals surface area contributed by atoms with E-state index in [0.717, 1.165) is 5.90 Å². The van der Waals surface area contributed by atoms with Crippen LogP contribution < -0.4 is 5.43 Å². The van der Waals surface area contributed by atoms with Gasteiger partial charge in [-0.25, -0.2) is 0 Å². The van der Waals surface area contributed by atoms with Gasteiger partial charge in [-0.1, -0.05) is 13.8 Å². The van der Waals surface area contributed by atoms with Crippen LogP contribution in [0.3, 0.4) is 0 Å². The van der Waals surface area contributed by atoms with Crippen LogP contribution in [0.25, 0.3) is 0 Å². The highest BCUT2D eigenvalue weighted by atomic mass is 16.5. The highest BCUT2D eigenvalue weighted by molar-refractivity contribution is 5.78. The predicted molar refractivity (Wildman–Crippen MR) is 35.6 cm³/mol. The summed E-state index contributed by atoms with van der Waals surface area (Å²) in [4.78, 5) is 0. The van der Waals surface area contributed by atoms with Gasteiger partial charge in [0.2, 0.25) is 5.90 Å². The molecule has 1 rings (SSSR count). The Morgan fingerprint density at radius 1 is 1.67 bits per heavy atom. The topological polar surface area (TPSA) is 33.6 Å². The summed E-state index contributed by atoms with van der Waals surface area (Å²) >= 11 is 0. The average Bonchev–Trinajstić information content (AvgIpc) is 1.90. The molecule has 0 radical (unpaired) electrons. The van der Waals surface area contributed by atoms with Crippen LogP contribution in [0.4, 0.5) is 0 Å². The van der Waals surface area contributed by atoms with Gasteiger partial charge < -0.3 is 4.74 Å². The number of nitrogens with one attached hydrogen (secondary N) is 1.